The average molecular weight is 346 g/mol. The molecule has 0 amide bonds. The molecule has 0 aromatic heterocycles. The Kier molecular flexibility index (Phi) is 4.61. The lowest BCUT2D eigenvalue weighted by Crippen LogP contribution is -2.21. The van der Waals surface area contributed by atoms with E-state index in [1.165, 1.54) is 16.7 Å². The highest BCUT2D eigenvalue weighted by Crippen LogP contribution is 2.26. The second-order valence-electron chi connectivity index (χ2n) is 5.52. The summed E-state index contributed by atoms with van der Waals surface area (Å²) < 4.78 is 6.68. The molecule has 110 valence electrons. The van der Waals surface area contributed by atoms with Crippen molar-refractivity contribution in [3.05, 3.63) is 63.6 Å². The molecule has 1 aliphatic rings. The standard InChI is InChI=1S/C18H20BrNO/c1-13(15-3-2-4-17(19)12-15)20-9-7-14-5-6-18-16(11-14)8-10-21-18/h2-6,11-13,20H,7-10H2,1H3/t13-/m1/s1. The fourth-order valence-corrected chi connectivity index (χ4v) is 3.14. The van der Waals surface area contributed by atoms with Crippen LogP contribution in [0, 0.1) is 0 Å². The van der Waals surface area contributed by atoms with Crippen molar-refractivity contribution in [1.29, 1.82) is 0 Å². The predicted molar refractivity (Wildman–Crippen MR) is 89.9 cm³/mol. The normalized spacial score (nSPS) is 14.6. The minimum Gasteiger partial charge on any atom is -0.493 e. The number of ether oxygens (including phenoxy) is 1. The first-order chi connectivity index (χ1) is 10.2. The highest BCUT2D eigenvalue weighted by Gasteiger charge is 2.12. The van der Waals surface area contributed by atoms with E-state index in [2.05, 4.69) is 70.6 Å². The summed E-state index contributed by atoms with van der Waals surface area (Å²) in [5.74, 6) is 1.06. The number of fused-ring (bicyclic) bond motifs is 1. The SMILES string of the molecule is C[C@@H](NCCc1ccc2c(c1)CCO2)c1cccc(Br)c1. The molecule has 1 N–H and O–H groups in total. The third-order valence-corrected chi connectivity index (χ3v) is 4.46. The third-order valence-electron chi connectivity index (χ3n) is 3.97. The van der Waals surface area contributed by atoms with Crippen molar-refractivity contribution in [2.75, 3.05) is 13.2 Å². The van der Waals surface area contributed by atoms with Gasteiger partial charge in [-0.15, -0.1) is 0 Å². The molecule has 0 aliphatic carbocycles. The van der Waals surface area contributed by atoms with Crippen molar-refractivity contribution < 1.29 is 4.74 Å². The molecule has 1 heterocycles. The van der Waals surface area contributed by atoms with Gasteiger partial charge in [0.05, 0.1) is 6.61 Å². The van der Waals surface area contributed by atoms with Crippen LogP contribution in [-0.2, 0) is 12.8 Å². The van der Waals surface area contributed by atoms with E-state index in [1.807, 2.05) is 0 Å². The summed E-state index contributed by atoms with van der Waals surface area (Å²) in [6.45, 7) is 4.02. The van der Waals surface area contributed by atoms with Crippen LogP contribution in [0.4, 0.5) is 0 Å². The zero-order valence-electron chi connectivity index (χ0n) is 12.2. The van der Waals surface area contributed by atoms with E-state index in [1.54, 1.807) is 0 Å². The van der Waals surface area contributed by atoms with E-state index < -0.39 is 0 Å². The fourth-order valence-electron chi connectivity index (χ4n) is 2.72. The molecule has 2 aromatic carbocycles. The molecule has 0 spiro atoms. The molecule has 1 aliphatic heterocycles. The van der Waals surface area contributed by atoms with E-state index in [-0.39, 0.29) is 0 Å². The molecule has 0 radical (unpaired) electrons. The van der Waals surface area contributed by atoms with Gasteiger partial charge in [0, 0.05) is 16.9 Å². The lowest BCUT2D eigenvalue weighted by atomic mass is 10.1. The van der Waals surface area contributed by atoms with Gasteiger partial charge in [0.25, 0.3) is 0 Å². The van der Waals surface area contributed by atoms with Crippen LogP contribution < -0.4 is 10.1 Å². The van der Waals surface area contributed by atoms with Gasteiger partial charge < -0.3 is 10.1 Å². The van der Waals surface area contributed by atoms with Crippen LogP contribution in [0.5, 0.6) is 5.75 Å². The quantitative estimate of drug-likeness (QED) is 0.873. The van der Waals surface area contributed by atoms with Crippen molar-refractivity contribution >= 4 is 15.9 Å². The molecule has 0 saturated heterocycles. The van der Waals surface area contributed by atoms with E-state index in [9.17, 15) is 0 Å². The Balaban J connectivity index is 1.54. The molecule has 0 unspecified atom stereocenters. The molecule has 1 atom stereocenters. The smallest absolute Gasteiger partial charge is 0.122 e. The van der Waals surface area contributed by atoms with Gasteiger partial charge in [0.2, 0.25) is 0 Å². The Morgan fingerprint density at radius 3 is 3.00 bits per heavy atom. The molecule has 3 heteroatoms. The Morgan fingerprint density at radius 1 is 1.24 bits per heavy atom. The summed E-state index contributed by atoms with van der Waals surface area (Å²) in [5, 5.41) is 3.59. The number of rotatable bonds is 5. The zero-order valence-corrected chi connectivity index (χ0v) is 13.8. The topological polar surface area (TPSA) is 21.3 Å². The van der Waals surface area contributed by atoms with Crippen molar-refractivity contribution in [2.45, 2.75) is 25.8 Å². The van der Waals surface area contributed by atoms with Crippen molar-refractivity contribution in [3.63, 3.8) is 0 Å². The summed E-state index contributed by atoms with van der Waals surface area (Å²) in [7, 11) is 0. The molecule has 2 nitrogen and oxygen atoms in total. The molecule has 0 bridgehead atoms. The first-order valence-corrected chi connectivity index (χ1v) is 8.25. The van der Waals surface area contributed by atoms with Crippen LogP contribution >= 0.6 is 15.9 Å². The summed E-state index contributed by atoms with van der Waals surface area (Å²) in [6.07, 6.45) is 2.09. The lowest BCUT2D eigenvalue weighted by molar-refractivity contribution is 0.357. The van der Waals surface area contributed by atoms with Crippen LogP contribution in [-0.4, -0.2) is 13.2 Å². The lowest BCUT2D eigenvalue weighted by Gasteiger charge is -2.14. The zero-order chi connectivity index (χ0) is 14.7. The monoisotopic (exact) mass is 345 g/mol. The first-order valence-electron chi connectivity index (χ1n) is 7.46. The van der Waals surface area contributed by atoms with Gasteiger partial charge in [-0.05, 0) is 54.8 Å². The van der Waals surface area contributed by atoms with Crippen LogP contribution in [0.25, 0.3) is 0 Å². The van der Waals surface area contributed by atoms with Crippen LogP contribution in [0.1, 0.15) is 29.7 Å². The summed E-state index contributed by atoms with van der Waals surface area (Å²) in [5.41, 5.74) is 4.05. The highest BCUT2D eigenvalue weighted by molar-refractivity contribution is 9.10. The molecule has 2 aromatic rings. The number of hydrogen-bond acceptors (Lipinski definition) is 2. The van der Waals surface area contributed by atoms with Crippen molar-refractivity contribution in [3.8, 4) is 5.75 Å². The van der Waals surface area contributed by atoms with Crippen LogP contribution in [0.15, 0.2) is 46.9 Å². The van der Waals surface area contributed by atoms with E-state index in [0.29, 0.717) is 6.04 Å². The summed E-state index contributed by atoms with van der Waals surface area (Å²) in [4.78, 5) is 0. The minimum absolute atomic E-state index is 0.361. The second-order valence-corrected chi connectivity index (χ2v) is 6.44. The Labute approximate surface area is 134 Å². The maximum Gasteiger partial charge on any atom is 0.122 e. The van der Waals surface area contributed by atoms with Gasteiger partial charge in [-0.3, -0.25) is 0 Å². The minimum atomic E-state index is 0.361. The molecular weight excluding hydrogens is 326 g/mol. The number of nitrogens with one attached hydrogen (secondary N) is 1. The van der Waals surface area contributed by atoms with Gasteiger partial charge >= 0.3 is 0 Å². The number of benzene rings is 2. The highest BCUT2D eigenvalue weighted by atomic mass is 79.9. The number of hydrogen-bond donors (Lipinski definition) is 1. The van der Waals surface area contributed by atoms with Crippen LogP contribution in [0.2, 0.25) is 0 Å². The van der Waals surface area contributed by atoms with Gasteiger partial charge in [-0.1, -0.05) is 40.2 Å². The predicted octanol–water partition coefficient (Wildman–Crippen LogP) is 4.28. The summed E-state index contributed by atoms with van der Waals surface area (Å²) in [6, 6.07) is 15.4. The van der Waals surface area contributed by atoms with Crippen molar-refractivity contribution in [2.24, 2.45) is 0 Å². The average Bonchev–Trinajstić information content (AvgIpc) is 2.94. The Bertz CT molecular complexity index is 626. The van der Waals surface area contributed by atoms with E-state index in [4.69, 9.17) is 4.74 Å². The Hall–Kier alpha value is -1.32. The van der Waals surface area contributed by atoms with Gasteiger partial charge in [0.1, 0.15) is 5.75 Å². The van der Waals surface area contributed by atoms with E-state index in [0.717, 1.165) is 36.2 Å². The largest absolute Gasteiger partial charge is 0.493 e. The molecule has 21 heavy (non-hydrogen) atoms. The van der Waals surface area contributed by atoms with Gasteiger partial charge in [-0.25, -0.2) is 0 Å². The first kappa shape index (κ1) is 14.6. The summed E-state index contributed by atoms with van der Waals surface area (Å²) >= 11 is 3.52. The molecule has 0 saturated carbocycles. The maximum absolute atomic E-state index is 5.55. The fraction of sp³-hybridized carbons (Fsp3) is 0.333. The Morgan fingerprint density at radius 2 is 2.14 bits per heavy atom. The molecular formula is C18H20BrNO. The third kappa shape index (κ3) is 3.66. The number of halogens is 1. The second kappa shape index (κ2) is 6.63. The molecule has 3 rings (SSSR count). The van der Waals surface area contributed by atoms with Crippen molar-refractivity contribution in [1.82, 2.24) is 5.32 Å². The van der Waals surface area contributed by atoms with E-state index >= 15 is 0 Å². The van der Waals surface area contributed by atoms with Gasteiger partial charge in [0.15, 0.2) is 0 Å². The van der Waals surface area contributed by atoms with Gasteiger partial charge in [-0.2, -0.15) is 0 Å². The van der Waals surface area contributed by atoms with Crippen LogP contribution in [0.3, 0.4) is 0 Å². The maximum atomic E-state index is 5.55. The molecule has 0 fully saturated rings.